The summed E-state index contributed by atoms with van der Waals surface area (Å²) in [7, 11) is 0. The van der Waals surface area contributed by atoms with Gasteiger partial charge in [-0.2, -0.15) is 13.2 Å². The molecule has 1 N–H and O–H groups in total. The molecule has 0 aliphatic carbocycles. The van der Waals surface area contributed by atoms with Gasteiger partial charge in [-0.25, -0.2) is 0 Å². The van der Waals surface area contributed by atoms with E-state index in [2.05, 4.69) is 0 Å². The highest BCUT2D eigenvalue weighted by molar-refractivity contribution is 5.43. The lowest BCUT2D eigenvalue weighted by atomic mass is 9.81. The van der Waals surface area contributed by atoms with Crippen molar-refractivity contribution < 1.29 is 23.0 Å². The lowest BCUT2D eigenvalue weighted by Crippen LogP contribution is -2.41. The lowest BCUT2D eigenvalue weighted by molar-refractivity contribution is -0.267. The number of ether oxygens (including phenoxy) is 1. The molecule has 0 aromatic heterocycles. The monoisotopic (exact) mass is 318 g/mol. The van der Waals surface area contributed by atoms with Gasteiger partial charge in [-0.1, -0.05) is 40.7 Å². The summed E-state index contributed by atoms with van der Waals surface area (Å²) >= 11 is 0. The van der Waals surface area contributed by atoms with E-state index < -0.39 is 18.2 Å². The average Bonchev–Trinajstić information content (AvgIpc) is 2.41. The molecule has 1 rings (SSSR count). The van der Waals surface area contributed by atoms with Gasteiger partial charge in [-0.15, -0.1) is 0 Å². The van der Waals surface area contributed by atoms with Crippen molar-refractivity contribution >= 4 is 0 Å². The van der Waals surface area contributed by atoms with Gasteiger partial charge in [0.25, 0.3) is 0 Å². The van der Waals surface area contributed by atoms with Crippen LogP contribution in [0.3, 0.4) is 0 Å². The Labute approximate surface area is 130 Å². The van der Waals surface area contributed by atoms with Crippen LogP contribution in [0.5, 0.6) is 5.75 Å². The van der Waals surface area contributed by atoms with E-state index in [1.165, 1.54) is 25.1 Å². The molecule has 0 aliphatic rings. The molecule has 22 heavy (non-hydrogen) atoms. The standard InChI is InChI=1S/C17H25F3O2/c1-6-10-22-14-9-8-12(11-13(14)15(3,4)5)16(21,7-2)17(18,19)20/h8-9,11,21H,6-7,10H2,1-5H3. The topological polar surface area (TPSA) is 29.5 Å². The maximum Gasteiger partial charge on any atom is 0.421 e. The fraction of sp³-hybridized carbons (Fsp3) is 0.647. The van der Waals surface area contributed by atoms with Crippen molar-refractivity contribution in [2.45, 2.75) is 64.7 Å². The molecule has 1 atom stereocenters. The van der Waals surface area contributed by atoms with E-state index in [0.29, 0.717) is 17.9 Å². The molecule has 0 amide bonds. The highest BCUT2D eigenvalue weighted by Crippen LogP contribution is 2.44. The van der Waals surface area contributed by atoms with Gasteiger partial charge < -0.3 is 9.84 Å². The molecular weight excluding hydrogens is 293 g/mol. The Hall–Kier alpha value is -1.23. The van der Waals surface area contributed by atoms with Crippen LogP contribution in [0.2, 0.25) is 0 Å². The summed E-state index contributed by atoms with van der Waals surface area (Å²) in [5.41, 5.74) is -2.71. The first-order valence-electron chi connectivity index (χ1n) is 7.54. The van der Waals surface area contributed by atoms with Gasteiger partial charge in [0.05, 0.1) is 6.61 Å². The van der Waals surface area contributed by atoms with Gasteiger partial charge in [0.2, 0.25) is 0 Å². The molecule has 0 heterocycles. The maximum atomic E-state index is 13.2. The van der Waals surface area contributed by atoms with Gasteiger partial charge in [0, 0.05) is 0 Å². The molecule has 5 heteroatoms. The minimum absolute atomic E-state index is 0.142. The molecule has 0 saturated heterocycles. The second-order valence-corrected chi connectivity index (χ2v) is 6.52. The van der Waals surface area contributed by atoms with Crippen LogP contribution < -0.4 is 4.74 Å². The third kappa shape index (κ3) is 3.75. The minimum atomic E-state index is -4.72. The zero-order valence-electron chi connectivity index (χ0n) is 13.8. The summed E-state index contributed by atoms with van der Waals surface area (Å²) in [4.78, 5) is 0. The van der Waals surface area contributed by atoms with Crippen molar-refractivity contribution in [2.24, 2.45) is 0 Å². The molecule has 0 saturated carbocycles. The Kier molecular flexibility index (Phi) is 5.55. The van der Waals surface area contributed by atoms with Gasteiger partial charge in [-0.05, 0) is 41.5 Å². The van der Waals surface area contributed by atoms with E-state index in [4.69, 9.17) is 4.74 Å². The minimum Gasteiger partial charge on any atom is -0.493 e. The van der Waals surface area contributed by atoms with Crippen LogP contribution in [-0.4, -0.2) is 17.9 Å². The number of hydrogen-bond acceptors (Lipinski definition) is 2. The van der Waals surface area contributed by atoms with Crippen LogP contribution >= 0.6 is 0 Å². The Morgan fingerprint density at radius 1 is 1.09 bits per heavy atom. The maximum absolute atomic E-state index is 13.2. The molecule has 0 aliphatic heterocycles. The molecule has 1 aromatic carbocycles. The van der Waals surface area contributed by atoms with Gasteiger partial charge in [0.1, 0.15) is 5.75 Å². The largest absolute Gasteiger partial charge is 0.493 e. The molecule has 0 fully saturated rings. The van der Waals surface area contributed by atoms with Crippen molar-refractivity contribution in [1.29, 1.82) is 0 Å². The smallest absolute Gasteiger partial charge is 0.421 e. The fourth-order valence-electron chi connectivity index (χ4n) is 2.28. The third-order valence-electron chi connectivity index (χ3n) is 3.71. The lowest BCUT2D eigenvalue weighted by Gasteiger charge is -2.32. The Balaban J connectivity index is 3.42. The van der Waals surface area contributed by atoms with E-state index in [-0.39, 0.29) is 11.0 Å². The highest BCUT2D eigenvalue weighted by atomic mass is 19.4. The Bertz CT molecular complexity index is 504. The van der Waals surface area contributed by atoms with Crippen LogP contribution in [0.4, 0.5) is 13.2 Å². The number of rotatable bonds is 5. The second kappa shape index (κ2) is 6.49. The quantitative estimate of drug-likeness (QED) is 0.834. The first-order chi connectivity index (χ1) is 9.97. The zero-order chi connectivity index (χ0) is 17.2. The predicted octanol–water partition coefficient (Wildman–Crippen LogP) is 4.93. The molecule has 0 bridgehead atoms. The SMILES string of the molecule is CCCOc1ccc(C(O)(CC)C(F)(F)F)cc1C(C)(C)C. The number of benzene rings is 1. The number of alkyl halides is 3. The van der Waals surface area contributed by atoms with E-state index in [1.807, 2.05) is 27.7 Å². The predicted molar refractivity (Wildman–Crippen MR) is 81.2 cm³/mol. The summed E-state index contributed by atoms with van der Waals surface area (Å²) in [5.74, 6) is 0.568. The van der Waals surface area contributed by atoms with Crippen molar-refractivity contribution in [2.75, 3.05) is 6.61 Å². The van der Waals surface area contributed by atoms with Gasteiger partial charge >= 0.3 is 6.18 Å². The van der Waals surface area contributed by atoms with Crippen LogP contribution in [-0.2, 0) is 11.0 Å². The Morgan fingerprint density at radius 2 is 1.68 bits per heavy atom. The van der Waals surface area contributed by atoms with E-state index in [1.54, 1.807) is 0 Å². The Morgan fingerprint density at radius 3 is 2.09 bits per heavy atom. The van der Waals surface area contributed by atoms with Gasteiger partial charge in [-0.3, -0.25) is 0 Å². The highest BCUT2D eigenvalue weighted by Gasteiger charge is 2.53. The summed E-state index contributed by atoms with van der Waals surface area (Å²) in [5, 5.41) is 10.1. The van der Waals surface area contributed by atoms with E-state index in [0.717, 1.165) is 6.42 Å². The number of halogens is 3. The normalized spacial score (nSPS) is 15.5. The average molecular weight is 318 g/mol. The van der Waals surface area contributed by atoms with E-state index in [9.17, 15) is 18.3 Å². The van der Waals surface area contributed by atoms with Crippen LogP contribution in [0.15, 0.2) is 18.2 Å². The summed E-state index contributed by atoms with van der Waals surface area (Å²) < 4.78 is 45.4. The van der Waals surface area contributed by atoms with Crippen molar-refractivity contribution in [1.82, 2.24) is 0 Å². The summed E-state index contributed by atoms with van der Waals surface area (Å²) in [6.07, 6.45) is -4.34. The molecule has 1 unspecified atom stereocenters. The first kappa shape index (κ1) is 18.8. The molecule has 0 spiro atoms. The fourth-order valence-corrected chi connectivity index (χ4v) is 2.28. The number of aliphatic hydroxyl groups is 1. The van der Waals surface area contributed by atoms with Crippen LogP contribution in [0, 0.1) is 0 Å². The third-order valence-corrected chi connectivity index (χ3v) is 3.71. The van der Waals surface area contributed by atoms with Crippen LogP contribution in [0.25, 0.3) is 0 Å². The first-order valence-corrected chi connectivity index (χ1v) is 7.54. The molecule has 1 aromatic rings. The molecule has 2 nitrogen and oxygen atoms in total. The van der Waals surface area contributed by atoms with Crippen molar-refractivity contribution in [3.8, 4) is 5.75 Å². The summed E-state index contributed by atoms with van der Waals surface area (Å²) in [6.45, 7) is 9.51. The molecule has 0 radical (unpaired) electrons. The molecular formula is C17H25F3O2. The summed E-state index contributed by atoms with van der Waals surface area (Å²) in [6, 6.07) is 4.25. The van der Waals surface area contributed by atoms with Crippen molar-refractivity contribution in [3.63, 3.8) is 0 Å². The zero-order valence-corrected chi connectivity index (χ0v) is 13.8. The van der Waals surface area contributed by atoms with Gasteiger partial charge in [0.15, 0.2) is 5.60 Å². The van der Waals surface area contributed by atoms with Crippen LogP contribution in [0.1, 0.15) is 58.6 Å². The molecule has 126 valence electrons. The number of hydrogen-bond donors (Lipinski definition) is 1. The second-order valence-electron chi connectivity index (χ2n) is 6.52. The van der Waals surface area contributed by atoms with Crippen molar-refractivity contribution in [3.05, 3.63) is 29.3 Å². The van der Waals surface area contributed by atoms with E-state index >= 15 is 0 Å².